The van der Waals surface area contributed by atoms with Crippen LogP contribution >= 0.6 is 11.6 Å². The number of pyridine rings is 1. The van der Waals surface area contributed by atoms with Crippen LogP contribution in [0.3, 0.4) is 0 Å². The van der Waals surface area contributed by atoms with Gasteiger partial charge in [0, 0.05) is 16.1 Å². The molecule has 1 fully saturated rings. The highest BCUT2D eigenvalue weighted by molar-refractivity contribution is 6.31. The number of benzene rings is 2. The Labute approximate surface area is 188 Å². The van der Waals surface area contributed by atoms with Crippen molar-refractivity contribution in [2.24, 2.45) is 5.92 Å². The number of nitrogens with zero attached hydrogens (tertiary/aromatic N) is 1. The smallest absolute Gasteiger partial charge is 0.356 e. The van der Waals surface area contributed by atoms with E-state index in [-0.39, 0.29) is 5.69 Å². The van der Waals surface area contributed by atoms with Crippen LogP contribution in [0.15, 0.2) is 60.7 Å². The zero-order chi connectivity index (χ0) is 21.6. The van der Waals surface area contributed by atoms with Gasteiger partial charge in [-0.05, 0) is 61.6 Å². The minimum absolute atomic E-state index is 0.290. The molecule has 5 heteroatoms. The summed E-state index contributed by atoms with van der Waals surface area (Å²) in [5.74, 6) is 0.997. The van der Waals surface area contributed by atoms with Crippen LogP contribution in [-0.4, -0.2) is 24.2 Å². The molecule has 0 N–H and O–H groups in total. The standard InChI is InChI=1S/C26H26ClNO3/c1-2-30-26(29)24-13-7-12-23(28-24)21-11-6-5-10-20(21)22-16-19(27)14-15-25(22)31-17-18-8-3-4-9-18/h5-7,10-16,18H,2-4,8-9,17H2,1H3. The molecule has 1 heterocycles. The van der Waals surface area contributed by atoms with Crippen molar-refractivity contribution in [2.75, 3.05) is 13.2 Å². The van der Waals surface area contributed by atoms with Gasteiger partial charge < -0.3 is 9.47 Å². The van der Waals surface area contributed by atoms with Gasteiger partial charge in [0.1, 0.15) is 11.4 Å². The number of ether oxygens (including phenoxy) is 2. The SMILES string of the molecule is CCOC(=O)c1cccc(-c2ccccc2-c2cc(Cl)ccc2OCC2CCCC2)n1. The van der Waals surface area contributed by atoms with Gasteiger partial charge in [-0.3, -0.25) is 0 Å². The van der Waals surface area contributed by atoms with Crippen LogP contribution in [0.1, 0.15) is 43.1 Å². The van der Waals surface area contributed by atoms with Gasteiger partial charge in [0.15, 0.2) is 0 Å². The third kappa shape index (κ3) is 5.08. The monoisotopic (exact) mass is 435 g/mol. The number of aromatic nitrogens is 1. The van der Waals surface area contributed by atoms with E-state index in [4.69, 9.17) is 21.1 Å². The summed E-state index contributed by atoms with van der Waals surface area (Å²) in [6.07, 6.45) is 5.02. The molecular formula is C26H26ClNO3. The topological polar surface area (TPSA) is 48.4 Å². The normalized spacial score (nSPS) is 13.9. The number of hydrogen-bond acceptors (Lipinski definition) is 4. The predicted molar refractivity (Wildman–Crippen MR) is 124 cm³/mol. The summed E-state index contributed by atoms with van der Waals surface area (Å²) < 4.78 is 11.4. The van der Waals surface area contributed by atoms with E-state index >= 15 is 0 Å². The van der Waals surface area contributed by atoms with E-state index in [1.54, 1.807) is 13.0 Å². The van der Waals surface area contributed by atoms with Gasteiger partial charge in [0.2, 0.25) is 0 Å². The maximum Gasteiger partial charge on any atom is 0.356 e. The van der Waals surface area contributed by atoms with Crippen LogP contribution in [0.25, 0.3) is 22.4 Å². The van der Waals surface area contributed by atoms with Gasteiger partial charge in [0.05, 0.1) is 18.9 Å². The van der Waals surface area contributed by atoms with E-state index in [1.165, 1.54) is 25.7 Å². The number of hydrogen-bond donors (Lipinski definition) is 0. The van der Waals surface area contributed by atoms with Crippen molar-refractivity contribution in [1.29, 1.82) is 0 Å². The van der Waals surface area contributed by atoms with Crippen LogP contribution in [-0.2, 0) is 4.74 Å². The van der Waals surface area contributed by atoms with Crippen LogP contribution in [0.4, 0.5) is 0 Å². The van der Waals surface area contributed by atoms with Gasteiger partial charge in [-0.2, -0.15) is 0 Å². The lowest BCUT2D eigenvalue weighted by atomic mass is 9.96. The van der Waals surface area contributed by atoms with Crippen molar-refractivity contribution in [2.45, 2.75) is 32.6 Å². The van der Waals surface area contributed by atoms with Crippen molar-refractivity contribution in [3.8, 4) is 28.1 Å². The third-order valence-corrected chi connectivity index (χ3v) is 5.85. The number of carbonyl (C=O) groups is 1. The fraction of sp³-hybridized carbons (Fsp3) is 0.308. The second kappa shape index (κ2) is 9.97. The first-order valence-corrected chi connectivity index (χ1v) is 11.2. The molecule has 0 aliphatic heterocycles. The lowest BCUT2D eigenvalue weighted by Gasteiger charge is -2.17. The van der Waals surface area contributed by atoms with E-state index in [1.807, 2.05) is 54.6 Å². The first-order chi connectivity index (χ1) is 15.2. The summed E-state index contributed by atoms with van der Waals surface area (Å²) >= 11 is 6.36. The molecule has 1 aliphatic rings. The van der Waals surface area contributed by atoms with E-state index in [9.17, 15) is 4.79 Å². The second-order valence-corrected chi connectivity index (χ2v) is 8.21. The maximum atomic E-state index is 12.2. The first kappa shape index (κ1) is 21.4. The van der Waals surface area contributed by atoms with Crippen LogP contribution in [0, 0.1) is 5.92 Å². The van der Waals surface area contributed by atoms with E-state index < -0.39 is 5.97 Å². The van der Waals surface area contributed by atoms with Gasteiger partial charge in [0.25, 0.3) is 0 Å². The highest BCUT2D eigenvalue weighted by Crippen LogP contribution is 2.39. The van der Waals surface area contributed by atoms with Crippen molar-refractivity contribution in [1.82, 2.24) is 4.98 Å². The van der Waals surface area contributed by atoms with Crippen LogP contribution in [0.2, 0.25) is 5.02 Å². The quantitative estimate of drug-likeness (QED) is 0.382. The van der Waals surface area contributed by atoms with Gasteiger partial charge in [-0.1, -0.05) is 54.8 Å². The molecule has 0 spiro atoms. The lowest BCUT2D eigenvalue weighted by molar-refractivity contribution is 0.0519. The van der Waals surface area contributed by atoms with Crippen molar-refractivity contribution in [3.63, 3.8) is 0 Å². The molecule has 0 radical (unpaired) electrons. The molecule has 0 unspecified atom stereocenters. The average molecular weight is 436 g/mol. The molecule has 1 aliphatic carbocycles. The second-order valence-electron chi connectivity index (χ2n) is 7.78. The molecule has 2 aromatic carbocycles. The number of carbonyl (C=O) groups excluding carboxylic acids is 1. The number of halogens is 1. The fourth-order valence-electron chi connectivity index (χ4n) is 4.07. The lowest BCUT2D eigenvalue weighted by Crippen LogP contribution is -2.09. The molecule has 0 amide bonds. The Morgan fingerprint density at radius 1 is 1.00 bits per heavy atom. The summed E-state index contributed by atoms with van der Waals surface area (Å²) in [5, 5.41) is 0.645. The highest BCUT2D eigenvalue weighted by Gasteiger charge is 2.19. The summed E-state index contributed by atoms with van der Waals surface area (Å²) in [4.78, 5) is 16.7. The van der Waals surface area contributed by atoms with Gasteiger partial charge in [-0.15, -0.1) is 0 Å². The Morgan fingerprint density at radius 3 is 2.55 bits per heavy atom. The first-order valence-electron chi connectivity index (χ1n) is 10.8. The largest absolute Gasteiger partial charge is 0.493 e. The minimum Gasteiger partial charge on any atom is -0.493 e. The van der Waals surface area contributed by atoms with Gasteiger partial charge >= 0.3 is 5.97 Å². The van der Waals surface area contributed by atoms with Crippen LogP contribution < -0.4 is 4.74 Å². The molecule has 0 atom stereocenters. The highest BCUT2D eigenvalue weighted by atomic mass is 35.5. The molecule has 0 saturated heterocycles. The van der Waals surface area contributed by atoms with Gasteiger partial charge in [-0.25, -0.2) is 9.78 Å². The Hall–Kier alpha value is -2.85. The fourth-order valence-corrected chi connectivity index (χ4v) is 4.24. The number of esters is 1. The Morgan fingerprint density at radius 2 is 1.77 bits per heavy atom. The molecule has 3 aromatic rings. The summed E-state index contributed by atoms with van der Waals surface area (Å²) in [7, 11) is 0. The Kier molecular flexibility index (Phi) is 6.88. The Balaban J connectivity index is 1.71. The molecule has 4 nitrogen and oxygen atoms in total. The summed E-state index contributed by atoms with van der Waals surface area (Å²) in [6.45, 7) is 2.81. The summed E-state index contributed by atoms with van der Waals surface area (Å²) in [6, 6.07) is 19.1. The molecule has 160 valence electrons. The summed E-state index contributed by atoms with van der Waals surface area (Å²) in [5.41, 5.74) is 3.77. The van der Waals surface area contributed by atoms with Crippen molar-refractivity contribution in [3.05, 3.63) is 71.4 Å². The van der Waals surface area contributed by atoms with E-state index in [2.05, 4.69) is 4.98 Å². The zero-order valence-electron chi connectivity index (χ0n) is 17.6. The van der Waals surface area contributed by atoms with E-state index in [0.29, 0.717) is 29.8 Å². The Bertz CT molecular complexity index is 1060. The zero-order valence-corrected chi connectivity index (χ0v) is 18.4. The molecule has 1 aromatic heterocycles. The number of rotatable bonds is 7. The predicted octanol–water partition coefficient (Wildman–Crippen LogP) is 6.81. The van der Waals surface area contributed by atoms with Crippen molar-refractivity contribution >= 4 is 17.6 Å². The molecule has 0 bridgehead atoms. The molecular weight excluding hydrogens is 410 g/mol. The molecule has 31 heavy (non-hydrogen) atoms. The third-order valence-electron chi connectivity index (χ3n) is 5.62. The maximum absolute atomic E-state index is 12.2. The average Bonchev–Trinajstić information content (AvgIpc) is 3.32. The van der Waals surface area contributed by atoms with Crippen LogP contribution in [0.5, 0.6) is 5.75 Å². The van der Waals surface area contributed by atoms with Crippen molar-refractivity contribution < 1.29 is 14.3 Å². The minimum atomic E-state index is -0.426. The van der Waals surface area contributed by atoms with E-state index in [0.717, 1.165) is 22.4 Å². The molecule has 4 rings (SSSR count). The molecule has 1 saturated carbocycles.